The molecule has 0 radical (unpaired) electrons. The Morgan fingerprint density at radius 2 is 2.10 bits per heavy atom. The van der Waals surface area contributed by atoms with Gasteiger partial charge in [-0.1, -0.05) is 17.7 Å². The van der Waals surface area contributed by atoms with Crippen molar-refractivity contribution in [3.05, 3.63) is 63.9 Å². The van der Waals surface area contributed by atoms with E-state index < -0.39 is 11.8 Å². The molecule has 0 bridgehead atoms. The summed E-state index contributed by atoms with van der Waals surface area (Å²) in [5.74, 6) is -1.43. The molecule has 1 N–H and O–H groups in total. The Kier molecular flexibility index (Phi) is 4.41. The second-order valence-corrected chi connectivity index (χ2v) is 4.57. The highest BCUT2D eigenvalue weighted by molar-refractivity contribution is 6.33. The van der Waals surface area contributed by atoms with Crippen LogP contribution in [-0.2, 0) is 6.61 Å². The Morgan fingerprint density at radius 1 is 1.33 bits per heavy atom. The van der Waals surface area contributed by atoms with Gasteiger partial charge in [0.1, 0.15) is 24.2 Å². The quantitative estimate of drug-likeness (QED) is 0.936. The molecule has 21 heavy (non-hydrogen) atoms. The van der Waals surface area contributed by atoms with Gasteiger partial charge < -0.3 is 9.84 Å². The Hall–Kier alpha value is -2.58. The van der Waals surface area contributed by atoms with Crippen LogP contribution in [0.15, 0.2) is 36.4 Å². The van der Waals surface area contributed by atoms with Crippen LogP contribution in [0.2, 0.25) is 5.02 Å². The molecule has 6 heteroatoms. The van der Waals surface area contributed by atoms with E-state index in [0.29, 0.717) is 11.3 Å². The van der Waals surface area contributed by atoms with Crippen LogP contribution >= 0.6 is 11.6 Å². The smallest absolute Gasteiger partial charge is 0.337 e. The second-order valence-electron chi connectivity index (χ2n) is 4.16. The van der Waals surface area contributed by atoms with Crippen LogP contribution < -0.4 is 4.74 Å². The number of hydrogen-bond acceptors (Lipinski definition) is 3. The summed E-state index contributed by atoms with van der Waals surface area (Å²) in [5, 5.41) is 17.8. The molecule has 0 aromatic heterocycles. The maximum atomic E-state index is 13.2. The van der Waals surface area contributed by atoms with Gasteiger partial charge in [-0.3, -0.25) is 0 Å². The molecular formula is C15H9ClFNO3. The van der Waals surface area contributed by atoms with E-state index >= 15 is 0 Å². The van der Waals surface area contributed by atoms with Crippen LogP contribution in [0.1, 0.15) is 21.5 Å². The fourth-order valence-corrected chi connectivity index (χ4v) is 1.87. The average Bonchev–Trinajstić information content (AvgIpc) is 2.47. The number of nitriles is 1. The van der Waals surface area contributed by atoms with E-state index in [0.717, 1.165) is 0 Å². The maximum absolute atomic E-state index is 13.2. The SMILES string of the molecule is N#Cc1cc(COc2ccc(Cl)c(C(=O)O)c2)ccc1F. The van der Waals surface area contributed by atoms with Gasteiger partial charge in [0.2, 0.25) is 0 Å². The molecule has 0 aliphatic rings. The lowest BCUT2D eigenvalue weighted by atomic mass is 10.1. The van der Waals surface area contributed by atoms with Gasteiger partial charge in [0.25, 0.3) is 0 Å². The summed E-state index contributed by atoms with van der Waals surface area (Å²) in [6.45, 7) is 0.0790. The summed E-state index contributed by atoms with van der Waals surface area (Å²) in [7, 11) is 0. The molecule has 0 aliphatic heterocycles. The molecular weight excluding hydrogens is 297 g/mol. The molecule has 2 rings (SSSR count). The van der Waals surface area contributed by atoms with Crippen molar-refractivity contribution in [2.45, 2.75) is 6.61 Å². The second kappa shape index (κ2) is 6.25. The molecule has 0 saturated carbocycles. The fraction of sp³-hybridized carbons (Fsp3) is 0.0667. The van der Waals surface area contributed by atoms with Gasteiger partial charge in [0, 0.05) is 0 Å². The zero-order valence-corrected chi connectivity index (χ0v) is 11.4. The topological polar surface area (TPSA) is 70.3 Å². The van der Waals surface area contributed by atoms with Crippen LogP contribution in [0, 0.1) is 17.1 Å². The predicted molar refractivity (Wildman–Crippen MR) is 73.9 cm³/mol. The zero-order chi connectivity index (χ0) is 15.4. The van der Waals surface area contributed by atoms with E-state index in [9.17, 15) is 9.18 Å². The highest BCUT2D eigenvalue weighted by Crippen LogP contribution is 2.23. The molecule has 0 aliphatic carbocycles. The van der Waals surface area contributed by atoms with E-state index in [2.05, 4.69) is 0 Å². The Balaban J connectivity index is 2.15. The van der Waals surface area contributed by atoms with Crippen molar-refractivity contribution in [2.24, 2.45) is 0 Å². The first-order valence-corrected chi connectivity index (χ1v) is 6.23. The summed E-state index contributed by atoms with van der Waals surface area (Å²) < 4.78 is 18.6. The first kappa shape index (κ1) is 14.8. The highest BCUT2D eigenvalue weighted by atomic mass is 35.5. The number of aromatic carboxylic acids is 1. The third kappa shape index (κ3) is 3.50. The van der Waals surface area contributed by atoms with E-state index in [1.807, 2.05) is 0 Å². The van der Waals surface area contributed by atoms with Crippen LogP contribution in [0.5, 0.6) is 5.75 Å². The minimum absolute atomic E-state index is 0.0639. The standard InChI is InChI=1S/C15H9ClFNO3/c16-13-3-2-11(6-12(13)15(19)20)21-8-9-1-4-14(17)10(5-9)7-18/h1-6H,8H2,(H,19,20). The fourth-order valence-electron chi connectivity index (χ4n) is 1.67. The molecule has 2 aromatic carbocycles. The van der Waals surface area contributed by atoms with Crippen molar-refractivity contribution in [1.29, 1.82) is 5.26 Å². The first-order valence-electron chi connectivity index (χ1n) is 5.85. The van der Waals surface area contributed by atoms with Crippen molar-refractivity contribution in [2.75, 3.05) is 0 Å². The van der Waals surface area contributed by atoms with Crippen molar-refractivity contribution >= 4 is 17.6 Å². The van der Waals surface area contributed by atoms with Gasteiger partial charge in [0.15, 0.2) is 0 Å². The lowest BCUT2D eigenvalue weighted by molar-refractivity contribution is 0.0696. The molecule has 0 atom stereocenters. The Bertz CT molecular complexity index is 740. The number of nitrogens with zero attached hydrogens (tertiary/aromatic N) is 1. The normalized spacial score (nSPS) is 9.95. The number of hydrogen-bond donors (Lipinski definition) is 1. The molecule has 2 aromatic rings. The minimum Gasteiger partial charge on any atom is -0.489 e. The van der Waals surface area contributed by atoms with Gasteiger partial charge in [-0.05, 0) is 35.9 Å². The number of carbonyl (C=O) groups is 1. The maximum Gasteiger partial charge on any atom is 0.337 e. The average molecular weight is 306 g/mol. The van der Waals surface area contributed by atoms with E-state index in [4.69, 9.17) is 26.7 Å². The van der Waals surface area contributed by atoms with Crippen LogP contribution in [0.3, 0.4) is 0 Å². The summed E-state index contributed by atoms with van der Waals surface area (Å²) >= 11 is 5.75. The number of ether oxygens (including phenoxy) is 1. The summed E-state index contributed by atoms with van der Waals surface area (Å²) in [5.41, 5.74) is 0.462. The molecule has 106 valence electrons. The molecule has 0 unspecified atom stereocenters. The third-order valence-corrected chi connectivity index (χ3v) is 3.05. The summed E-state index contributed by atoms with van der Waals surface area (Å²) in [6, 6.07) is 10.0. The Labute approximate surface area is 125 Å². The third-order valence-electron chi connectivity index (χ3n) is 2.72. The molecule has 0 amide bonds. The zero-order valence-electron chi connectivity index (χ0n) is 10.6. The molecule has 0 heterocycles. The number of halogens is 2. The van der Waals surface area contributed by atoms with Crippen molar-refractivity contribution < 1.29 is 19.0 Å². The van der Waals surface area contributed by atoms with Crippen molar-refractivity contribution in [3.63, 3.8) is 0 Å². The highest BCUT2D eigenvalue weighted by Gasteiger charge is 2.10. The number of carboxylic acids is 1. The number of benzene rings is 2. The molecule has 4 nitrogen and oxygen atoms in total. The molecule has 0 spiro atoms. The Morgan fingerprint density at radius 3 is 2.76 bits per heavy atom. The first-order chi connectivity index (χ1) is 10.0. The van der Waals surface area contributed by atoms with Crippen molar-refractivity contribution in [1.82, 2.24) is 0 Å². The van der Waals surface area contributed by atoms with Crippen molar-refractivity contribution in [3.8, 4) is 11.8 Å². The minimum atomic E-state index is -1.15. The molecule has 0 saturated heterocycles. The predicted octanol–water partition coefficient (Wildman–Crippen LogP) is 3.63. The number of rotatable bonds is 4. The summed E-state index contributed by atoms with van der Waals surface area (Å²) in [4.78, 5) is 11.0. The van der Waals surface area contributed by atoms with Crippen LogP contribution in [-0.4, -0.2) is 11.1 Å². The summed E-state index contributed by atoms with van der Waals surface area (Å²) in [6.07, 6.45) is 0. The lowest BCUT2D eigenvalue weighted by Crippen LogP contribution is -2.01. The van der Waals surface area contributed by atoms with Gasteiger partial charge in [0.05, 0.1) is 16.1 Å². The van der Waals surface area contributed by atoms with E-state index in [1.165, 1.54) is 36.4 Å². The van der Waals surface area contributed by atoms with Crippen LogP contribution in [0.4, 0.5) is 4.39 Å². The number of carboxylic acid groups (broad SMARTS) is 1. The van der Waals surface area contributed by atoms with Gasteiger partial charge in [-0.15, -0.1) is 0 Å². The van der Waals surface area contributed by atoms with Gasteiger partial charge in [-0.2, -0.15) is 5.26 Å². The largest absolute Gasteiger partial charge is 0.489 e. The van der Waals surface area contributed by atoms with Gasteiger partial charge in [-0.25, -0.2) is 9.18 Å². The monoisotopic (exact) mass is 305 g/mol. The van der Waals surface area contributed by atoms with Crippen LogP contribution in [0.25, 0.3) is 0 Å². The van der Waals surface area contributed by atoms with E-state index in [1.54, 1.807) is 6.07 Å². The van der Waals surface area contributed by atoms with E-state index in [-0.39, 0.29) is 22.8 Å². The molecule has 0 fully saturated rings. The van der Waals surface area contributed by atoms with Gasteiger partial charge >= 0.3 is 5.97 Å². The lowest BCUT2D eigenvalue weighted by Gasteiger charge is -2.08.